The van der Waals surface area contributed by atoms with Crippen molar-refractivity contribution in [3.05, 3.63) is 84.3 Å². The maximum absolute atomic E-state index is 13.2. The van der Waals surface area contributed by atoms with E-state index in [1.165, 1.54) is 5.39 Å². The Hall–Kier alpha value is -5.70. The summed E-state index contributed by atoms with van der Waals surface area (Å²) in [7, 11) is 2.08. The Bertz CT molecular complexity index is 2440. The van der Waals surface area contributed by atoms with Crippen LogP contribution in [0.4, 0.5) is 0 Å². The fraction of sp³-hybridized carbons (Fsp3) is 0.435. The van der Waals surface area contributed by atoms with Gasteiger partial charge in [-0.25, -0.2) is 4.98 Å². The fourth-order valence-electron chi connectivity index (χ4n) is 8.94. The number of carbonyl (C=O) groups is 4. The molecule has 2 aliphatic heterocycles. The molecule has 9 rings (SSSR count). The van der Waals surface area contributed by atoms with E-state index in [9.17, 15) is 19.2 Å². The molecule has 1 atom stereocenters. The van der Waals surface area contributed by atoms with E-state index in [1.54, 1.807) is 18.2 Å². The molecule has 1 N–H and O–H groups in total. The molecule has 2 aliphatic carbocycles. The molecule has 60 heavy (non-hydrogen) atoms. The third-order valence-electron chi connectivity index (χ3n) is 12.4. The van der Waals surface area contributed by atoms with Crippen molar-refractivity contribution in [3.8, 4) is 22.8 Å². The predicted molar refractivity (Wildman–Crippen MR) is 223 cm³/mol. The molecule has 312 valence electrons. The number of nitrogens with one attached hydrogen (secondary N) is 1. The number of nitrogens with zero attached hydrogens (tertiary/aromatic N) is 5. The minimum absolute atomic E-state index is 0.0136. The summed E-state index contributed by atoms with van der Waals surface area (Å²) in [6.45, 7) is 7.10. The second kappa shape index (κ2) is 16.7. The molecule has 14 heteroatoms. The molecule has 5 heterocycles. The molecule has 4 amide bonds. The normalized spacial score (nSPS) is 22.7. The van der Waals surface area contributed by atoms with Gasteiger partial charge in [-0.05, 0) is 68.7 Å². The van der Waals surface area contributed by atoms with Gasteiger partial charge in [-0.15, -0.1) is 0 Å². The molecule has 4 aliphatic rings. The smallest absolute Gasteiger partial charge is 0.262 e. The quantitative estimate of drug-likeness (QED) is 0.0944. The summed E-state index contributed by atoms with van der Waals surface area (Å²) in [5, 5.41) is 4.57. The lowest BCUT2D eigenvalue weighted by molar-refractivity contribution is -0.136. The zero-order valence-electron chi connectivity index (χ0n) is 34.2. The molecule has 0 spiro atoms. The topological polar surface area (TPSA) is 154 Å². The third kappa shape index (κ3) is 7.86. The van der Waals surface area contributed by atoms with Crippen LogP contribution in [-0.2, 0) is 26.1 Å². The second-order valence-corrected chi connectivity index (χ2v) is 16.6. The maximum atomic E-state index is 13.2. The first-order chi connectivity index (χ1) is 29.1. The largest absolute Gasteiger partial charge is 0.490 e. The number of rotatable bonds is 16. The highest BCUT2D eigenvalue weighted by Gasteiger charge is 2.45. The van der Waals surface area contributed by atoms with Crippen molar-refractivity contribution in [3.63, 3.8) is 0 Å². The minimum atomic E-state index is -0.994. The average molecular weight is 815 g/mol. The lowest BCUT2D eigenvalue weighted by atomic mass is 9.87. The van der Waals surface area contributed by atoms with Gasteiger partial charge in [0.2, 0.25) is 17.7 Å². The molecule has 3 fully saturated rings. The van der Waals surface area contributed by atoms with E-state index in [0.29, 0.717) is 43.5 Å². The number of imide groups is 2. The van der Waals surface area contributed by atoms with E-state index in [1.807, 2.05) is 30.7 Å². The van der Waals surface area contributed by atoms with Gasteiger partial charge in [-0.3, -0.25) is 39.3 Å². The Labute approximate surface area is 348 Å². The molecule has 5 aromatic rings. The number of hydrogen-bond acceptors (Lipinski definition) is 11. The molecular formula is C46H50N6O8. The Morgan fingerprint density at radius 2 is 1.60 bits per heavy atom. The third-order valence-corrected chi connectivity index (χ3v) is 12.4. The Kier molecular flexibility index (Phi) is 11.1. The van der Waals surface area contributed by atoms with Gasteiger partial charge in [0.05, 0.1) is 29.4 Å². The number of aromatic nitrogens is 3. The number of carbonyl (C=O) groups excluding carboxylic acids is 4. The first-order valence-electron chi connectivity index (χ1n) is 21.0. The van der Waals surface area contributed by atoms with Crippen LogP contribution in [0.5, 0.6) is 11.6 Å². The van der Waals surface area contributed by atoms with Gasteiger partial charge in [-0.2, -0.15) is 0 Å². The van der Waals surface area contributed by atoms with Crippen molar-refractivity contribution < 1.29 is 38.1 Å². The van der Waals surface area contributed by atoms with Crippen LogP contribution < -0.4 is 14.8 Å². The molecule has 14 nitrogen and oxygen atoms in total. The minimum Gasteiger partial charge on any atom is -0.490 e. The van der Waals surface area contributed by atoms with Gasteiger partial charge in [-0.1, -0.05) is 12.1 Å². The highest BCUT2D eigenvalue weighted by molar-refractivity contribution is 6.23. The number of benzene rings is 2. The standard InChI is InChI=1S/C46H50N6O8/c1-27(2)51(30-20-33(21-30)59-31-7-9-36-37(24-31)46(56)52(45(36)55)40-10-11-42(53)49-44(40)54)15-18-57-16-4-17-58-32-22-34(23-32)60-43-12-6-29(25-48-43)28-5-8-35-38-26-47-14-13-39(38)50(3)41(35)19-28/h5-9,12-14,19,24-27,30,32-34,40H,4,10-11,15-18,20-23H2,1-3H3,(H,49,53,54)/t30-,32-,33-,34-,40?. The van der Waals surface area contributed by atoms with Crippen LogP contribution in [0.3, 0.4) is 0 Å². The van der Waals surface area contributed by atoms with E-state index in [4.69, 9.17) is 18.9 Å². The highest BCUT2D eigenvalue weighted by Crippen LogP contribution is 2.36. The lowest BCUT2D eigenvalue weighted by Crippen LogP contribution is -2.54. The zero-order chi connectivity index (χ0) is 41.5. The van der Waals surface area contributed by atoms with Crippen LogP contribution in [-0.4, -0.2) is 111 Å². The van der Waals surface area contributed by atoms with Crippen LogP contribution in [0.15, 0.2) is 73.2 Å². The summed E-state index contributed by atoms with van der Waals surface area (Å²) < 4.78 is 26.7. The number of pyridine rings is 2. The molecular weight excluding hydrogens is 765 g/mol. The average Bonchev–Trinajstić information content (AvgIpc) is 3.64. The number of hydrogen-bond donors (Lipinski definition) is 1. The molecule has 1 saturated heterocycles. The SMILES string of the molecule is CC(C)N(CCOCCCO[C@H]1C[C@H](Oc2ccc(-c3ccc4c5cnccc5n(C)c4c3)cn2)C1)[C@H]1C[C@H](Oc2ccc3c(c2)C(=O)N(C2CCC(=O)NC2=O)C3=O)C1. The molecule has 3 aromatic heterocycles. The van der Waals surface area contributed by atoms with Gasteiger partial charge in [0.1, 0.15) is 24.0 Å². The summed E-state index contributed by atoms with van der Waals surface area (Å²) in [5.41, 5.74) is 4.93. The number of ether oxygens (including phenoxy) is 4. The Morgan fingerprint density at radius 1 is 0.800 bits per heavy atom. The summed E-state index contributed by atoms with van der Waals surface area (Å²) in [6.07, 6.45) is 10.3. The summed E-state index contributed by atoms with van der Waals surface area (Å²) in [4.78, 5) is 62.5. The van der Waals surface area contributed by atoms with Gasteiger partial charge >= 0.3 is 0 Å². The molecule has 2 saturated carbocycles. The predicted octanol–water partition coefficient (Wildman–Crippen LogP) is 5.84. The summed E-state index contributed by atoms with van der Waals surface area (Å²) in [5.74, 6) is -0.948. The van der Waals surface area contributed by atoms with Crippen molar-refractivity contribution in [2.24, 2.45) is 7.05 Å². The van der Waals surface area contributed by atoms with Crippen LogP contribution in [0, 0.1) is 0 Å². The fourth-order valence-corrected chi connectivity index (χ4v) is 8.94. The van der Waals surface area contributed by atoms with Gasteiger partial charge in [0.15, 0.2) is 0 Å². The Morgan fingerprint density at radius 3 is 2.38 bits per heavy atom. The highest BCUT2D eigenvalue weighted by atomic mass is 16.5. The van der Waals surface area contributed by atoms with Crippen LogP contribution in [0.2, 0.25) is 0 Å². The van der Waals surface area contributed by atoms with Gasteiger partial charge in [0.25, 0.3) is 11.8 Å². The van der Waals surface area contributed by atoms with Gasteiger partial charge < -0.3 is 23.5 Å². The zero-order valence-corrected chi connectivity index (χ0v) is 34.2. The first kappa shape index (κ1) is 39.7. The number of aryl methyl sites for hydroxylation is 1. The molecule has 0 radical (unpaired) electrons. The van der Waals surface area contributed by atoms with Crippen LogP contribution >= 0.6 is 0 Å². The second-order valence-electron chi connectivity index (χ2n) is 16.6. The van der Waals surface area contributed by atoms with Crippen LogP contribution in [0.25, 0.3) is 32.9 Å². The maximum Gasteiger partial charge on any atom is 0.262 e. The van der Waals surface area contributed by atoms with E-state index >= 15 is 0 Å². The van der Waals surface area contributed by atoms with Crippen molar-refractivity contribution >= 4 is 45.4 Å². The number of fused-ring (bicyclic) bond motifs is 4. The monoisotopic (exact) mass is 814 g/mol. The molecule has 1 unspecified atom stereocenters. The van der Waals surface area contributed by atoms with E-state index in [2.05, 4.69) is 69.9 Å². The summed E-state index contributed by atoms with van der Waals surface area (Å²) in [6, 6.07) is 17.1. The van der Waals surface area contributed by atoms with E-state index < -0.39 is 29.7 Å². The van der Waals surface area contributed by atoms with Crippen molar-refractivity contribution in [1.29, 1.82) is 0 Å². The van der Waals surface area contributed by atoms with Crippen molar-refractivity contribution in [2.45, 2.75) is 95.2 Å². The van der Waals surface area contributed by atoms with Crippen molar-refractivity contribution in [2.75, 3.05) is 26.4 Å². The number of amides is 4. The Balaban J connectivity index is 0.650. The van der Waals surface area contributed by atoms with Crippen molar-refractivity contribution in [1.82, 2.24) is 29.7 Å². The van der Waals surface area contributed by atoms with Gasteiger partial charge in [0, 0.05) is 118 Å². The van der Waals surface area contributed by atoms with Crippen LogP contribution in [0.1, 0.15) is 79.5 Å². The van der Waals surface area contributed by atoms with E-state index in [-0.39, 0.29) is 42.3 Å². The molecule has 2 aromatic carbocycles. The summed E-state index contributed by atoms with van der Waals surface area (Å²) >= 11 is 0. The number of piperidine rings is 1. The molecule has 0 bridgehead atoms. The van der Waals surface area contributed by atoms with E-state index in [0.717, 1.165) is 71.1 Å². The first-order valence-corrected chi connectivity index (χ1v) is 21.0. The lowest BCUT2D eigenvalue weighted by Gasteiger charge is -2.44.